The number of pyridine rings is 1. The molecule has 0 spiro atoms. The van der Waals surface area contributed by atoms with E-state index in [9.17, 15) is 28.3 Å². The fourth-order valence-electron chi connectivity index (χ4n) is 3.17. The van der Waals surface area contributed by atoms with E-state index in [4.69, 9.17) is 4.74 Å². The molecule has 0 aliphatic carbocycles. The lowest BCUT2D eigenvalue weighted by Gasteiger charge is -2.11. The first-order valence-corrected chi connectivity index (χ1v) is 9.81. The molecule has 2 aromatic carbocycles. The van der Waals surface area contributed by atoms with Gasteiger partial charge in [-0.15, -0.1) is 0 Å². The molecule has 0 saturated carbocycles. The molecule has 0 amide bonds. The van der Waals surface area contributed by atoms with Crippen molar-refractivity contribution in [1.82, 2.24) is 4.98 Å². The van der Waals surface area contributed by atoms with Gasteiger partial charge < -0.3 is 9.84 Å². The molecule has 0 saturated heterocycles. The van der Waals surface area contributed by atoms with Gasteiger partial charge in [-0.2, -0.15) is 18.4 Å². The summed E-state index contributed by atoms with van der Waals surface area (Å²) >= 11 is 0. The van der Waals surface area contributed by atoms with Crippen LogP contribution < -0.4 is 4.74 Å². The molecular weight excluding hydrogens is 421 g/mol. The first-order chi connectivity index (χ1) is 15.3. The third kappa shape index (κ3) is 5.64. The molecule has 3 aromatic rings. The quantitative estimate of drug-likeness (QED) is 0.452. The van der Waals surface area contributed by atoms with Gasteiger partial charge >= 0.3 is 12.1 Å². The minimum Gasteiger partial charge on any atom is -0.492 e. The summed E-state index contributed by atoms with van der Waals surface area (Å²) in [6.45, 7) is 0.332. The van der Waals surface area contributed by atoms with Gasteiger partial charge in [0.05, 0.1) is 29.0 Å². The van der Waals surface area contributed by atoms with Crippen molar-refractivity contribution in [3.63, 3.8) is 0 Å². The number of alkyl halides is 3. The van der Waals surface area contributed by atoms with E-state index in [1.807, 2.05) is 6.07 Å². The number of benzene rings is 2. The average molecular weight is 440 g/mol. The summed E-state index contributed by atoms with van der Waals surface area (Å²) in [6, 6.07) is 14.9. The summed E-state index contributed by atoms with van der Waals surface area (Å²) in [5, 5.41) is 18.8. The SMILES string of the molecule is N#Cc1cc(-c2ncccc2C(=O)O)ccc1OCCCCc1ccc(C(F)(F)F)cc1. The normalized spacial score (nSPS) is 11.1. The van der Waals surface area contributed by atoms with Crippen LogP contribution in [0.25, 0.3) is 11.3 Å². The molecule has 1 heterocycles. The van der Waals surface area contributed by atoms with Gasteiger partial charge in [0.25, 0.3) is 0 Å². The molecule has 5 nitrogen and oxygen atoms in total. The van der Waals surface area contributed by atoms with Crippen molar-refractivity contribution in [2.24, 2.45) is 0 Å². The Morgan fingerprint density at radius 2 is 1.84 bits per heavy atom. The molecule has 0 aliphatic heterocycles. The van der Waals surface area contributed by atoms with Crippen LogP contribution in [0.4, 0.5) is 13.2 Å². The number of nitrogens with zero attached hydrogens (tertiary/aromatic N) is 2. The smallest absolute Gasteiger partial charge is 0.416 e. The van der Waals surface area contributed by atoms with E-state index in [0.29, 0.717) is 37.2 Å². The fourth-order valence-corrected chi connectivity index (χ4v) is 3.17. The van der Waals surface area contributed by atoms with Gasteiger partial charge in [-0.25, -0.2) is 4.79 Å². The first-order valence-electron chi connectivity index (χ1n) is 9.81. The van der Waals surface area contributed by atoms with Gasteiger partial charge in [-0.3, -0.25) is 4.98 Å². The number of unbranched alkanes of at least 4 members (excludes halogenated alkanes) is 1. The minimum atomic E-state index is -4.34. The van der Waals surface area contributed by atoms with Crippen molar-refractivity contribution >= 4 is 5.97 Å². The number of aryl methyl sites for hydroxylation is 1. The van der Waals surface area contributed by atoms with E-state index in [2.05, 4.69) is 4.98 Å². The van der Waals surface area contributed by atoms with Crippen LogP contribution in [-0.2, 0) is 12.6 Å². The summed E-state index contributed by atoms with van der Waals surface area (Å²) < 4.78 is 43.5. The highest BCUT2D eigenvalue weighted by Gasteiger charge is 2.29. The van der Waals surface area contributed by atoms with Gasteiger partial charge in [0, 0.05) is 11.8 Å². The van der Waals surface area contributed by atoms with Crippen molar-refractivity contribution < 1.29 is 27.8 Å². The van der Waals surface area contributed by atoms with E-state index in [-0.39, 0.29) is 16.8 Å². The van der Waals surface area contributed by atoms with E-state index < -0.39 is 17.7 Å². The fraction of sp³-hybridized carbons (Fsp3) is 0.208. The lowest BCUT2D eigenvalue weighted by molar-refractivity contribution is -0.137. The molecule has 0 bridgehead atoms. The number of carboxylic acids is 1. The van der Waals surface area contributed by atoms with Crippen molar-refractivity contribution in [3.05, 3.63) is 83.0 Å². The van der Waals surface area contributed by atoms with Crippen molar-refractivity contribution in [1.29, 1.82) is 5.26 Å². The molecule has 164 valence electrons. The number of carboxylic acid groups (broad SMARTS) is 1. The maximum absolute atomic E-state index is 12.6. The summed E-state index contributed by atoms with van der Waals surface area (Å²) in [5.74, 6) is -0.737. The lowest BCUT2D eigenvalue weighted by atomic mass is 10.0. The monoisotopic (exact) mass is 440 g/mol. The summed E-state index contributed by atoms with van der Waals surface area (Å²) in [7, 11) is 0. The molecule has 3 rings (SSSR count). The number of aromatic carboxylic acids is 1. The topological polar surface area (TPSA) is 83.2 Å². The van der Waals surface area contributed by atoms with Crippen LogP contribution in [0.1, 0.15) is 39.9 Å². The van der Waals surface area contributed by atoms with Crippen LogP contribution in [0.3, 0.4) is 0 Å². The average Bonchev–Trinajstić information content (AvgIpc) is 2.78. The maximum atomic E-state index is 12.6. The highest BCUT2D eigenvalue weighted by molar-refractivity contribution is 5.94. The Bertz CT molecular complexity index is 1140. The van der Waals surface area contributed by atoms with Crippen molar-refractivity contribution in [2.75, 3.05) is 6.61 Å². The van der Waals surface area contributed by atoms with Gasteiger partial charge in [-0.1, -0.05) is 12.1 Å². The number of rotatable bonds is 8. The third-order valence-electron chi connectivity index (χ3n) is 4.81. The lowest BCUT2D eigenvalue weighted by Crippen LogP contribution is -2.04. The predicted molar refractivity (Wildman–Crippen MR) is 111 cm³/mol. The third-order valence-corrected chi connectivity index (χ3v) is 4.81. The number of hydrogen-bond donors (Lipinski definition) is 1. The van der Waals surface area contributed by atoms with Gasteiger partial charge in [0.2, 0.25) is 0 Å². The molecule has 0 unspecified atom stereocenters. The second-order valence-electron chi connectivity index (χ2n) is 7.03. The Kier molecular flexibility index (Phi) is 7.11. The summed E-state index contributed by atoms with van der Waals surface area (Å²) in [6.07, 6.45) is -0.886. The molecule has 0 atom stereocenters. The number of aromatic nitrogens is 1. The zero-order chi connectivity index (χ0) is 23.1. The van der Waals surface area contributed by atoms with E-state index >= 15 is 0 Å². The molecule has 0 fully saturated rings. The summed E-state index contributed by atoms with van der Waals surface area (Å²) in [4.78, 5) is 15.5. The van der Waals surface area contributed by atoms with E-state index in [0.717, 1.165) is 17.7 Å². The van der Waals surface area contributed by atoms with E-state index in [1.165, 1.54) is 36.5 Å². The van der Waals surface area contributed by atoms with Crippen LogP contribution in [0.15, 0.2) is 60.8 Å². The van der Waals surface area contributed by atoms with Gasteiger partial charge in [-0.05, 0) is 67.3 Å². The van der Waals surface area contributed by atoms with Crippen LogP contribution in [0.5, 0.6) is 5.75 Å². The highest BCUT2D eigenvalue weighted by Crippen LogP contribution is 2.30. The first kappa shape index (κ1) is 22.8. The molecule has 1 N–H and O–H groups in total. The molecular formula is C24H19F3N2O3. The molecule has 8 heteroatoms. The van der Waals surface area contributed by atoms with E-state index in [1.54, 1.807) is 12.1 Å². The second kappa shape index (κ2) is 9.96. The number of nitriles is 1. The Labute approximate surface area is 182 Å². The Hall–Kier alpha value is -3.86. The van der Waals surface area contributed by atoms with Crippen LogP contribution >= 0.6 is 0 Å². The number of ether oxygens (including phenoxy) is 1. The largest absolute Gasteiger partial charge is 0.492 e. The number of halogens is 3. The van der Waals surface area contributed by atoms with Crippen molar-refractivity contribution in [3.8, 4) is 23.1 Å². The molecule has 32 heavy (non-hydrogen) atoms. The second-order valence-corrected chi connectivity index (χ2v) is 7.03. The zero-order valence-corrected chi connectivity index (χ0v) is 16.9. The number of hydrogen-bond acceptors (Lipinski definition) is 4. The van der Waals surface area contributed by atoms with Crippen LogP contribution in [0.2, 0.25) is 0 Å². The molecule has 0 radical (unpaired) electrons. The number of carbonyl (C=O) groups is 1. The Morgan fingerprint density at radius 1 is 1.09 bits per heavy atom. The zero-order valence-electron chi connectivity index (χ0n) is 16.9. The molecule has 1 aromatic heterocycles. The van der Waals surface area contributed by atoms with Gasteiger partial charge in [0.1, 0.15) is 11.8 Å². The predicted octanol–water partition coefficient (Wildman–Crippen LogP) is 5.74. The summed E-state index contributed by atoms with van der Waals surface area (Å²) in [5.41, 5.74) is 1.19. The Morgan fingerprint density at radius 3 is 2.50 bits per heavy atom. The highest BCUT2D eigenvalue weighted by atomic mass is 19.4. The molecule has 0 aliphatic rings. The maximum Gasteiger partial charge on any atom is 0.416 e. The minimum absolute atomic E-state index is 0.0355. The van der Waals surface area contributed by atoms with Crippen molar-refractivity contribution in [2.45, 2.75) is 25.4 Å². The van der Waals surface area contributed by atoms with Crippen LogP contribution in [0, 0.1) is 11.3 Å². The van der Waals surface area contributed by atoms with Crippen LogP contribution in [-0.4, -0.2) is 22.7 Å². The standard InChI is InChI=1S/C24H19F3N2O3/c25-24(26,27)19-9-6-16(7-10-19)4-1-2-13-32-21-11-8-17(14-18(21)15-28)22-20(23(30)31)5-3-12-29-22/h3,5-12,14H,1-2,4,13H2,(H,30,31). The van der Waals surface area contributed by atoms with Gasteiger partial charge in [0.15, 0.2) is 0 Å². The Balaban J connectivity index is 1.57.